The number of methoxy groups -OCH3 is 1. The van der Waals surface area contributed by atoms with E-state index in [1.807, 2.05) is 6.08 Å². The number of rotatable bonds is 7. The Bertz CT molecular complexity index is 632. The molecule has 0 spiro atoms. The lowest BCUT2D eigenvalue weighted by atomic mass is 10.0. The van der Waals surface area contributed by atoms with Crippen LogP contribution in [0.15, 0.2) is 9.66 Å². The summed E-state index contributed by atoms with van der Waals surface area (Å²) in [5.41, 5.74) is -1.16. The molecule has 8 heteroatoms. The van der Waals surface area contributed by atoms with E-state index in [1.165, 1.54) is 0 Å². The SMILES string of the molecule is COCO[C@@H]1C=C(I)[C@](C#N)(O[Si](C)(C)C(C)(C)C)[C@H]1O[Si](C)(C)C(C)(C)C. The fourth-order valence-electron chi connectivity index (χ4n) is 2.45. The van der Waals surface area contributed by atoms with Crippen LogP contribution in [0.1, 0.15) is 41.5 Å². The van der Waals surface area contributed by atoms with Crippen LogP contribution >= 0.6 is 22.6 Å². The van der Waals surface area contributed by atoms with Gasteiger partial charge in [-0.2, -0.15) is 5.26 Å². The summed E-state index contributed by atoms with van der Waals surface area (Å²) in [5, 5.41) is 10.4. The van der Waals surface area contributed by atoms with Crippen molar-refractivity contribution >= 4 is 39.2 Å². The highest BCUT2D eigenvalue weighted by Gasteiger charge is 2.59. The van der Waals surface area contributed by atoms with Crippen LogP contribution in [0.5, 0.6) is 0 Å². The zero-order chi connectivity index (χ0) is 22.2. The van der Waals surface area contributed by atoms with E-state index < -0.39 is 28.3 Å². The molecule has 3 atom stereocenters. The van der Waals surface area contributed by atoms with E-state index in [0.717, 1.165) is 3.58 Å². The van der Waals surface area contributed by atoms with Gasteiger partial charge in [-0.1, -0.05) is 41.5 Å². The second kappa shape index (κ2) is 8.77. The molecule has 0 N–H and O–H groups in total. The first-order valence-electron chi connectivity index (χ1n) is 9.73. The number of hydrogen-bond acceptors (Lipinski definition) is 5. The summed E-state index contributed by atoms with van der Waals surface area (Å²) < 4.78 is 25.4. The molecule has 0 saturated heterocycles. The van der Waals surface area contributed by atoms with Crippen LogP contribution in [-0.4, -0.2) is 48.3 Å². The minimum Gasteiger partial charge on any atom is -0.406 e. The number of hydrogen-bond donors (Lipinski definition) is 0. The summed E-state index contributed by atoms with van der Waals surface area (Å²) in [5.74, 6) is 0. The first kappa shape index (κ1) is 26.3. The summed E-state index contributed by atoms with van der Waals surface area (Å²) in [6.07, 6.45) is 1.06. The maximum Gasteiger partial charge on any atom is 0.203 e. The summed E-state index contributed by atoms with van der Waals surface area (Å²) in [4.78, 5) is 0. The van der Waals surface area contributed by atoms with Crippen LogP contribution < -0.4 is 0 Å². The number of nitriles is 1. The maximum absolute atomic E-state index is 10.4. The van der Waals surface area contributed by atoms with Crippen LogP contribution in [0.2, 0.25) is 36.3 Å². The average molecular weight is 540 g/mol. The van der Waals surface area contributed by atoms with Crippen LogP contribution in [0.4, 0.5) is 0 Å². The van der Waals surface area contributed by atoms with E-state index in [9.17, 15) is 5.26 Å². The van der Waals surface area contributed by atoms with Gasteiger partial charge < -0.3 is 18.3 Å². The van der Waals surface area contributed by atoms with Gasteiger partial charge in [-0.15, -0.1) is 0 Å². The molecule has 0 saturated carbocycles. The van der Waals surface area contributed by atoms with Gasteiger partial charge in [0, 0.05) is 10.7 Å². The number of halogens is 1. The van der Waals surface area contributed by atoms with Crippen molar-refractivity contribution in [3.63, 3.8) is 0 Å². The van der Waals surface area contributed by atoms with E-state index in [1.54, 1.807) is 7.11 Å². The minimum atomic E-state index is -2.25. The molecule has 1 aliphatic carbocycles. The Morgan fingerprint density at radius 1 is 1.07 bits per heavy atom. The van der Waals surface area contributed by atoms with E-state index in [2.05, 4.69) is 96.4 Å². The third-order valence-electron chi connectivity index (χ3n) is 6.36. The molecule has 1 rings (SSSR count). The Kier molecular flexibility index (Phi) is 8.23. The van der Waals surface area contributed by atoms with Crippen molar-refractivity contribution in [2.45, 2.75) is 95.6 Å². The molecule has 5 nitrogen and oxygen atoms in total. The topological polar surface area (TPSA) is 60.7 Å². The molecule has 0 aromatic carbocycles. The van der Waals surface area contributed by atoms with Gasteiger partial charge in [-0.05, 0) is 64.9 Å². The standard InChI is InChI=1S/C20H38INO4Si2/c1-18(2,3)27(8,9)25-17-15(24-14-23-7)12-16(21)20(17,13-22)26-28(10,11)19(4,5)6/h12,15,17H,14H2,1-11H3/t15-,17+,20+/m1/s1. The molecule has 0 unspecified atom stereocenters. The third-order valence-corrected chi connectivity index (χ3v) is 16.4. The van der Waals surface area contributed by atoms with E-state index >= 15 is 0 Å². The largest absolute Gasteiger partial charge is 0.406 e. The van der Waals surface area contributed by atoms with Gasteiger partial charge >= 0.3 is 0 Å². The van der Waals surface area contributed by atoms with Gasteiger partial charge in [-0.25, -0.2) is 0 Å². The van der Waals surface area contributed by atoms with Crippen LogP contribution in [0.3, 0.4) is 0 Å². The summed E-state index contributed by atoms with van der Waals surface area (Å²) in [7, 11) is -2.83. The fraction of sp³-hybridized carbons (Fsp3) is 0.850. The molecule has 0 aromatic heterocycles. The normalized spacial score (nSPS) is 26.9. The molecule has 0 heterocycles. The summed E-state index contributed by atoms with van der Waals surface area (Å²) in [6.45, 7) is 22.0. The van der Waals surface area contributed by atoms with E-state index in [-0.39, 0.29) is 23.0 Å². The Labute approximate surface area is 187 Å². The summed E-state index contributed by atoms with van der Waals surface area (Å²) >= 11 is 2.22. The average Bonchev–Trinajstić information content (AvgIpc) is 2.75. The number of nitrogens with zero attached hydrogens (tertiary/aromatic N) is 1. The monoisotopic (exact) mass is 539 g/mol. The predicted octanol–water partition coefficient (Wildman–Crippen LogP) is 5.98. The first-order valence-corrected chi connectivity index (χ1v) is 16.6. The predicted molar refractivity (Wildman–Crippen MR) is 128 cm³/mol. The zero-order valence-electron chi connectivity index (χ0n) is 19.4. The van der Waals surface area contributed by atoms with Gasteiger partial charge in [0.2, 0.25) is 5.60 Å². The molecule has 0 fully saturated rings. The molecular weight excluding hydrogens is 501 g/mol. The van der Waals surface area contributed by atoms with Gasteiger partial charge in [-0.3, -0.25) is 0 Å². The van der Waals surface area contributed by atoms with Crippen molar-refractivity contribution in [2.24, 2.45) is 0 Å². The van der Waals surface area contributed by atoms with Gasteiger partial charge in [0.25, 0.3) is 0 Å². The molecule has 28 heavy (non-hydrogen) atoms. The third kappa shape index (κ3) is 5.28. The first-order chi connectivity index (χ1) is 12.4. The molecule has 162 valence electrons. The van der Waals surface area contributed by atoms with Gasteiger partial charge in [0.15, 0.2) is 16.6 Å². The van der Waals surface area contributed by atoms with Gasteiger partial charge in [0.1, 0.15) is 25.1 Å². The molecule has 0 amide bonds. The van der Waals surface area contributed by atoms with E-state index in [0.29, 0.717) is 0 Å². The van der Waals surface area contributed by atoms with Gasteiger partial charge in [0.05, 0.1) is 0 Å². The Balaban J connectivity index is 3.45. The molecule has 0 bridgehead atoms. The van der Waals surface area contributed by atoms with Crippen molar-refractivity contribution in [1.29, 1.82) is 5.26 Å². The number of ether oxygens (including phenoxy) is 2. The molecule has 0 aromatic rings. The van der Waals surface area contributed by atoms with Crippen molar-refractivity contribution < 1.29 is 18.3 Å². The van der Waals surface area contributed by atoms with Crippen molar-refractivity contribution in [3.05, 3.63) is 9.66 Å². The second-order valence-corrected chi connectivity index (χ2v) is 21.2. The molecular formula is C20H38INO4Si2. The summed E-state index contributed by atoms with van der Waals surface area (Å²) in [6, 6.07) is 2.50. The fourth-order valence-corrected chi connectivity index (χ4v) is 6.22. The molecule has 0 radical (unpaired) electrons. The highest BCUT2D eigenvalue weighted by molar-refractivity contribution is 14.1. The Morgan fingerprint density at radius 2 is 1.57 bits per heavy atom. The lowest BCUT2D eigenvalue weighted by Crippen LogP contribution is -2.59. The maximum atomic E-state index is 10.4. The van der Waals surface area contributed by atoms with Crippen LogP contribution in [0.25, 0.3) is 0 Å². The van der Waals surface area contributed by atoms with Crippen LogP contribution in [0, 0.1) is 11.3 Å². The highest BCUT2D eigenvalue weighted by atomic mass is 127. The van der Waals surface area contributed by atoms with Crippen molar-refractivity contribution in [1.82, 2.24) is 0 Å². The zero-order valence-corrected chi connectivity index (χ0v) is 23.6. The Morgan fingerprint density at radius 3 is 1.96 bits per heavy atom. The van der Waals surface area contributed by atoms with Crippen LogP contribution in [-0.2, 0) is 18.3 Å². The molecule has 0 aliphatic heterocycles. The Hall–Kier alpha value is 0.234. The lowest BCUT2D eigenvalue weighted by Gasteiger charge is -2.47. The lowest BCUT2D eigenvalue weighted by molar-refractivity contribution is -0.110. The van der Waals surface area contributed by atoms with E-state index in [4.69, 9.17) is 18.3 Å². The van der Waals surface area contributed by atoms with Crippen molar-refractivity contribution in [3.8, 4) is 6.07 Å². The smallest absolute Gasteiger partial charge is 0.203 e. The van der Waals surface area contributed by atoms with Crippen molar-refractivity contribution in [2.75, 3.05) is 13.9 Å². The molecule has 1 aliphatic rings. The second-order valence-electron chi connectivity index (χ2n) is 10.6. The quantitative estimate of drug-likeness (QED) is 0.226. The highest BCUT2D eigenvalue weighted by Crippen LogP contribution is 2.49. The minimum absolute atomic E-state index is 0.00496.